The van der Waals surface area contributed by atoms with E-state index in [4.69, 9.17) is 37.8 Å². The van der Waals surface area contributed by atoms with Crippen LogP contribution >= 0.6 is 23.2 Å². The number of nitrogens with zero attached hydrogens (tertiary/aromatic N) is 1. The van der Waals surface area contributed by atoms with Crippen LogP contribution in [0, 0.1) is 0 Å². The number of halogens is 2. The maximum absolute atomic E-state index is 12.9. The van der Waals surface area contributed by atoms with E-state index in [1.165, 1.54) is 25.3 Å². The maximum atomic E-state index is 12.9. The second-order valence-corrected chi connectivity index (χ2v) is 8.68. The highest BCUT2D eigenvalue weighted by Gasteiger charge is 2.33. The van der Waals surface area contributed by atoms with Crippen molar-refractivity contribution < 1.29 is 29.0 Å². The van der Waals surface area contributed by atoms with Crippen LogP contribution in [0.3, 0.4) is 0 Å². The molecule has 1 saturated heterocycles. The molecule has 3 amide bonds. The maximum Gasteiger partial charge on any atom is 0.335 e. The Balaban J connectivity index is 1.52. The van der Waals surface area contributed by atoms with Gasteiger partial charge >= 0.3 is 12.0 Å². The highest BCUT2D eigenvalue weighted by Crippen LogP contribution is 2.37. The third kappa shape index (κ3) is 5.62. The molecule has 0 atom stereocenters. The zero-order valence-corrected chi connectivity index (χ0v) is 20.5. The van der Waals surface area contributed by atoms with Crippen molar-refractivity contribution in [1.29, 1.82) is 0 Å². The molecule has 0 bridgehead atoms. The van der Waals surface area contributed by atoms with Gasteiger partial charge in [0, 0.05) is 5.02 Å². The standard InChI is InChI=1S/C26H20Cl2N2O6/c1-35-22-12-17(10-20(28)23(22)36-14-16-3-2-4-18(9-16)25(32)33)11-21-24(31)30(26(34)29-21)13-15-5-7-19(27)8-6-15/h2-12H,13-14H2,1H3,(H,29,34)(H,32,33). The first-order valence-corrected chi connectivity index (χ1v) is 11.4. The molecule has 1 aliphatic heterocycles. The Bertz CT molecular complexity index is 1370. The Morgan fingerprint density at radius 3 is 2.50 bits per heavy atom. The summed E-state index contributed by atoms with van der Waals surface area (Å²) >= 11 is 12.3. The number of methoxy groups -OCH3 is 1. The van der Waals surface area contributed by atoms with Crippen LogP contribution in [-0.4, -0.2) is 35.0 Å². The van der Waals surface area contributed by atoms with E-state index in [9.17, 15) is 14.4 Å². The van der Waals surface area contributed by atoms with Crippen LogP contribution in [0.15, 0.2) is 66.4 Å². The number of carboxylic acids is 1. The number of ether oxygens (including phenoxy) is 2. The molecule has 0 spiro atoms. The lowest BCUT2D eigenvalue weighted by molar-refractivity contribution is -0.123. The van der Waals surface area contributed by atoms with Crippen LogP contribution in [0.5, 0.6) is 11.5 Å². The number of benzene rings is 3. The van der Waals surface area contributed by atoms with Gasteiger partial charge in [0.25, 0.3) is 5.91 Å². The molecule has 1 fully saturated rings. The summed E-state index contributed by atoms with van der Waals surface area (Å²) in [5.41, 5.74) is 2.13. The molecule has 0 saturated carbocycles. The average Bonchev–Trinajstić information content (AvgIpc) is 3.11. The molecule has 1 heterocycles. The van der Waals surface area contributed by atoms with Crippen LogP contribution in [0.4, 0.5) is 4.79 Å². The van der Waals surface area contributed by atoms with Gasteiger partial charge in [0.15, 0.2) is 11.5 Å². The van der Waals surface area contributed by atoms with Crippen molar-refractivity contribution >= 4 is 47.2 Å². The molecule has 2 N–H and O–H groups in total. The molecule has 1 aliphatic rings. The Hall–Kier alpha value is -4.01. The van der Waals surface area contributed by atoms with Crippen molar-refractivity contribution in [1.82, 2.24) is 10.2 Å². The van der Waals surface area contributed by atoms with Crippen molar-refractivity contribution in [3.63, 3.8) is 0 Å². The molecule has 4 rings (SSSR count). The molecule has 0 aliphatic carbocycles. The zero-order chi connectivity index (χ0) is 25.8. The van der Waals surface area contributed by atoms with Gasteiger partial charge in [0.05, 0.1) is 24.2 Å². The van der Waals surface area contributed by atoms with Gasteiger partial charge in [-0.05, 0) is 59.2 Å². The van der Waals surface area contributed by atoms with Gasteiger partial charge in [-0.3, -0.25) is 9.69 Å². The summed E-state index contributed by atoms with van der Waals surface area (Å²) in [6.07, 6.45) is 1.50. The van der Waals surface area contributed by atoms with Gasteiger partial charge in [-0.2, -0.15) is 0 Å². The number of aromatic carboxylic acids is 1. The Kier molecular flexibility index (Phi) is 7.47. The highest BCUT2D eigenvalue weighted by atomic mass is 35.5. The van der Waals surface area contributed by atoms with Gasteiger partial charge in [-0.15, -0.1) is 0 Å². The third-order valence-electron chi connectivity index (χ3n) is 5.34. The quantitative estimate of drug-likeness (QED) is 0.302. The predicted octanol–water partition coefficient (Wildman–Crippen LogP) is 5.37. The number of carbonyl (C=O) groups excluding carboxylic acids is 2. The average molecular weight is 527 g/mol. The van der Waals surface area contributed by atoms with E-state index in [1.807, 2.05) is 0 Å². The van der Waals surface area contributed by atoms with Crippen LogP contribution in [0.1, 0.15) is 27.0 Å². The van der Waals surface area contributed by atoms with Gasteiger partial charge in [0.1, 0.15) is 12.3 Å². The smallest absolute Gasteiger partial charge is 0.335 e. The van der Waals surface area contributed by atoms with E-state index in [2.05, 4.69) is 5.32 Å². The normalized spacial score (nSPS) is 14.2. The number of urea groups is 1. The summed E-state index contributed by atoms with van der Waals surface area (Å²) in [5.74, 6) is -0.958. The topological polar surface area (TPSA) is 105 Å². The molecular formula is C26H20Cl2N2O6. The number of carboxylic acid groups (broad SMARTS) is 1. The Labute approximate surface area is 216 Å². The van der Waals surface area contributed by atoms with Crippen LogP contribution in [-0.2, 0) is 17.9 Å². The van der Waals surface area contributed by atoms with Crippen LogP contribution < -0.4 is 14.8 Å². The SMILES string of the molecule is COc1cc(C=C2NC(=O)N(Cc3ccc(Cl)cc3)C2=O)cc(Cl)c1OCc1cccc(C(=O)O)c1. The molecule has 8 nitrogen and oxygen atoms in total. The van der Waals surface area contributed by atoms with Crippen molar-refractivity contribution in [3.8, 4) is 11.5 Å². The van der Waals surface area contributed by atoms with Crippen LogP contribution in [0.25, 0.3) is 6.08 Å². The Morgan fingerprint density at radius 2 is 1.81 bits per heavy atom. The zero-order valence-electron chi connectivity index (χ0n) is 19.0. The largest absolute Gasteiger partial charge is 0.493 e. The molecule has 184 valence electrons. The van der Waals surface area contributed by atoms with Crippen molar-refractivity contribution in [3.05, 3.63) is 98.7 Å². The molecule has 10 heteroatoms. The van der Waals surface area contributed by atoms with E-state index >= 15 is 0 Å². The summed E-state index contributed by atoms with van der Waals surface area (Å²) in [4.78, 5) is 37.5. The second-order valence-electron chi connectivity index (χ2n) is 7.83. The predicted molar refractivity (Wildman–Crippen MR) is 134 cm³/mol. The Morgan fingerprint density at radius 1 is 1.06 bits per heavy atom. The van der Waals surface area contributed by atoms with Gasteiger partial charge in [-0.25, -0.2) is 9.59 Å². The van der Waals surface area contributed by atoms with Crippen molar-refractivity contribution in [2.24, 2.45) is 0 Å². The van der Waals surface area contributed by atoms with E-state index in [0.29, 0.717) is 21.9 Å². The first-order chi connectivity index (χ1) is 17.2. The lowest BCUT2D eigenvalue weighted by atomic mass is 10.1. The highest BCUT2D eigenvalue weighted by molar-refractivity contribution is 6.32. The summed E-state index contributed by atoms with van der Waals surface area (Å²) < 4.78 is 11.2. The first kappa shape index (κ1) is 25.1. The fourth-order valence-corrected chi connectivity index (χ4v) is 3.97. The molecule has 0 unspecified atom stereocenters. The lowest BCUT2D eigenvalue weighted by Gasteiger charge is -2.14. The number of hydrogen-bond donors (Lipinski definition) is 2. The molecule has 36 heavy (non-hydrogen) atoms. The van der Waals surface area contributed by atoms with Gasteiger partial charge in [-0.1, -0.05) is 47.5 Å². The number of carbonyl (C=O) groups is 3. The molecular weight excluding hydrogens is 507 g/mol. The van der Waals surface area contributed by atoms with E-state index in [0.717, 1.165) is 10.5 Å². The molecule has 0 radical (unpaired) electrons. The molecule has 3 aromatic carbocycles. The number of nitrogens with one attached hydrogen (secondary N) is 1. The summed E-state index contributed by atoms with van der Waals surface area (Å²) in [5, 5.41) is 12.5. The number of imide groups is 1. The monoisotopic (exact) mass is 526 g/mol. The number of amides is 3. The van der Waals surface area contributed by atoms with Crippen LogP contribution in [0.2, 0.25) is 10.0 Å². The fourth-order valence-electron chi connectivity index (χ4n) is 3.57. The second kappa shape index (κ2) is 10.7. The van der Waals surface area contributed by atoms with E-state index < -0.39 is 17.9 Å². The fraction of sp³-hybridized carbons (Fsp3) is 0.115. The van der Waals surface area contributed by atoms with Crippen molar-refractivity contribution in [2.75, 3.05) is 7.11 Å². The van der Waals surface area contributed by atoms with E-state index in [1.54, 1.807) is 48.5 Å². The lowest BCUT2D eigenvalue weighted by Crippen LogP contribution is -2.30. The number of rotatable bonds is 8. The summed E-state index contributed by atoms with van der Waals surface area (Å²) in [6.45, 7) is 0.158. The summed E-state index contributed by atoms with van der Waals surface area (Å²) in [7, 11) is 1.44. The van der Waals surface area contributed by atoms with Gasteiger partial charge in [0.2, 0.25) is 0 Å². The molecule has 3 aromatic rings. The van der Waals surface area contributed by atoms with Crippen molar-refractivity contribution in [2.45, 2.75) is 13.2 Å². The minimum atomic E-state index is -1.04. The first-order valence-electron chi connectivity index (χ1n) is 10.7. The van der Waals surface area contributed by atoms with E-state index in [-0.39, 0.29) is 35.2 Å². The number of hydrogen-bond acceptors (Lipinski definition) is 5. The molecule has 0 aromatic heterocycles. The van der Waals surface area contributed by atoms with Gasteiger partial charge < -0.3 is 19.9 Å². The minimum Gasteiger partial charge on any atom is -0.493 e. The summed E-state index contributed by atoms with van der Waals surface area (Å²) in [6, 6.07) is 15.9. The minimum absolute atomic E-state index is 0.0613. The third-order valence-corrected chi connectivity index (χ3v) is 5.87.